The van der Waals surface area contributed by atoms with Gasteiger partial charge in [0.1, 0.15) is 0 Å². The molecule has 98 valence electrons. The van der Waals surface area contributed by atoms with Gasteiger partial charge >= 0.3 is 0 Å². The number of carbonyl (C=O) groups excluding carboxylic acids is 2. The third-order valence-electron chi connectivity index (χ3n) is 3.58. The highest BCUT2D eigenvalue weighted by molar-refractivity contribution is 6.19. The summed E-state index contributed by atoms with van der Waals surface area (Å²) >= 11 is 0. The van der Waals surface area contributed by atoms with E-state index < -0.39 is 12.1 Å². The van der Waals surface area contributed by atoms with Crippen molar-refractivity contribution in [1.29, 1.82) is 0 Å². The van der Waals surface area contributed by atoms with Crippen LogP contribution in [-0.2, 0) is 0 Å². The summed E-state index contributed by atoms with van der Waals surface area (Å²) in [4.78, 5) is 37.1. The van der Waals surface area contributed by atoms with Gasteiger partial charge in [-0.3, -0.25) is 9.59 Å². The van der Waals surface area contributed by atoms with E-state index in [4.69, 9.17) is 0 Å². The average Bonchev–Trinajstić information content (AvgIpc) is 2.75. The topological polar surface area (TPSA) is 69.5 Å². The molecular formula is C13H14N3O3+. The Kier molecular flexibility index (Phi) is 2.58. The van der Waals surface area contributed by atoms with Crippen molar-refractivity contribution in [2.24, 2.45) is 0 Å². The van der Waals surface area contributed by atoms with Crippen LogP contribution < -0.4 is 5.43 Å². The van der Waals surface area contributed by atoms with Crippen molar-refractivity contribution in [3.05, 3.63) is 40.3 Å². The molecule has 1 aliphatic carbocycles. The Bertz CT molecular complexity index is 584. The molecule has 1 aliphatic heterocycles. The number of Topliss-reactive ketones (excluding diaryl/α,β-unsaturated/α-hetero) is 2. The number of hydrazine groups is 2. The molecule has 1 aromatic rings. The number of hydrogen-bond acceptors (Lipinski definition) is 3. The molecule has 1 heterocycles. The zero-order chi connectivity index (χ0) is 13.6. The van der Waals surface area contributed by atoms with Crippen molar-refractivity contribution in [2.75, 3.05) is 6.54 Å². The molecule has 6 heteroatoms. The van der Waals surface area contributed by atoms with Gasteiger partial charge in [0.15, 0.2) is 23.7 Å². The molecule has 1 fully saturated rings. The van der Waals surface area contributed by atoms with E-state index in [1.807, 2.05) is 6.92 Å². The molecule has 1 saturated heterocycles. The molecule has 3 rings (SSSR count). The first-order valence-electron chi connectivity index (χ1n) is 6.32. The summed E-state index contributed by atoms with van der Waals surface area (Å²) in [6, 6.07) is 5.23. The van der Waals surface area contributed by atoms with Crippen molar-refractivity contribution in [3.8, 4) is 0 Å². The first-order chi connectivity index (χ1) is 9.15. The minimum absolute atomic E-state index is 0.167. The zero-order valence-corrected chi connectivity index (χ0v) is 10.5. The van der Waals surface area contributed by atoms with E-state index >= 15 is 0 Å². The minimum atomic E-state index is -0.772. The van der Waals surface area contributed by atoms with Gasteiger partial charge in [-0.25, -0.2) is 0 Å². The summed E-state index contributed by atoms with van der Waals surface area (Å²) < 4.78 is 0. The van der Waals surface area contributed by atoms with E-state index in [0.29, 0.717) is 22.6 Å². The first-order valence-corrected chi connectivity index (χ1v) is 6.32. The lowest BCUT2D eigenvalue weighted by Crippen LogP contribution is -2.51. The largest absolute Gasteiger partial charge is 0.291 e. The number of nitrogens with one attached hydrogen (secondary N) is 1. The van der Waals surface area contributed by atoms with Crippen LogP contribution in [0.5, 0.6) is 0 Å². The number of benzene rings is 1. The van der Waals surface area contributed by atoms with Gasteiger partial charge in [-0.2, -0.15) is 0 Å². The number of rotatable bonds is 2. The van der Waals surface area contributed by atoms with E-state index in [1.54, 1.807) is 24.3 Å². The van der Waals surface area contributed by atoms with Crippen LogP contribution in [0.1, 0.15) is 34.1 Å². The lowest BCUT2D eigenvalue weighted by atomic mass is 9.83. The summed E-state index contributed by atoms with van der Waals surface area (Å²) in [5.74, 6) is -0.362. The normalized spacial score (nSPS) is 25.1. The van der Waals surface area contributed by atoms with Gasteiger partial charge in [0.05, 0.1) is 11.5 Å². The van der Waals surface area contributed by atoms with Crippen molar-refractivity contribution in [2.45, 2.75) is 25.4 Å². The summed E-state index contributed by atoms with van der Waals surface area (Å²) in [7, 11) is 0. The Balaban J connectivity index is 2.08. The number of nitrogens with zero attached hydrogens (tertiary/aromatic N) is 2. The third-order valence-corrected chi connectivity index (χ3v) is 3.58. The van der Waals surface area contributed by atoms with Crippen molar-refractivity contribution in [3.63, 3.8) is 0 Å². The fourth-order valence-electron chi connectivity index (χ4n) is 2.74. The lowest BCUT2D eigenvalue weighted by molar-refractivity contribution is -0.732. The van der Waals surface area contributed by atoms with Crippen LogP contribution in [0.15, 0.2) is 24.3 Å². The van der Waals surface area contributed by atoms with E-state index in [-0.39, 0.29) is 11.6 Å². The number of ketones is 2. The van der Waals surface area contributed by atoms with Gasteiger partial charge in [-0.1, -0.05) is 36.2 Å². The van der Waals surface area contributed by atoms with Gasteiger partial charge in [0.2, 0.25) is 4.98 Å². The second kappa shape index (κ2) is 4.15. The van der Waals surface area contributed by atoms with Crippen molar-refractivity contribution < 1.29 is 14.6 Å². The molecule has 0 amide bonds. The molecule has 1 aromatic carbocycles. The lowest BCUT2D eigenvalue weighted by Gasteiger charge is -2.23. The Morgan fingerprint density at radius 2 is 1.84 bits per heavy atom. The molecule has 0 spiro atoms. The Morgan fingerprint density at radius 3 is 2.47 bits per heavy atom. The molecule has 2 aliphatic rings. The Morgan fingerprint density at radius 1 is 1.21 bits per heavy atom. The van der Waals surface area contributed by atoms with E-state index in [2.05, 4.69) is 5.43 Å². The summed E-state index contributed by atoms with van der Waals surface area (Å²) in [6.45, 7) is 2.36. The van der Waals surface area contributed by atoms with Crippen LogP contribution in [0.3, 0.4) is 0 Å². The third kappa shape index (κ3) is 1.56. The second-order valence-electron chi connectivity index (χ2n) is 4.76. The summed E-state index contributed by atoms with van der Waals surface area (Å²) in [5.41, 5.74) is 3.35. The molecule has 1 N–H and O–H groups in total. The van der Waals surface area contributed by atoms with Crippen LogP contribution in [0.2, 0.25) is 0 Å². The standard InChI is InChI=1S/C13H14N3O3/c1-2-7-15-11-10(14-16(15)19)12(17)8-5-3-4-6-9(8)13(11)18/h3-6,10-11H,2,7H2,1H3,(H,14,19)/q+1. The number of fused-ring (bicyclic) bond motifs is 2. The predicted octanol–water partition coefficient (Wildman–Crippen LogP) is 0.727. The van der Waals surface area contributed by atoms with Crippen LogP contribution in [0.4, 0.5) is 0 Å². The summed E-state index contributed by atoms with van der Waals surface area (Å²) in [6.07, 6.45) is 0.729. The van der Waals surface area contributed by atoms with E-state index in [9.17, 15) is 14.5 Å². The molecule has 2 atom stereocenters. The molecule has 6 nitrogen and oxygen atoms in total. The van der Waals surface area contributed by atoms with Crippen molar-refractivity contribution >= 4 is 11.6 Å². The van der Waals surface area contributed by atoms with Crippen LogP contribution in [-0.4, -0.2) is 40.2 Å². The van der Waals surface area contributed by atoms with E-state index in [0.717, 1.165) is 6.42 Å². The monoisotopic (exact) mass is 260 g/mol. The Hall–Kier alpha value is -2.24. The van der Waals surface area contributed by atoms with Gasteiger partial charge < -0.3 is 0 Å². The molecule has 19 heavy (non-hydrogen) atoms. The molecular weight excluding hydrogens is 246 g/mol. The SMILES string of the molecule is CCCN1C2C(=O)c3ccccc3C(=O)C2N[N+]1=O. The Labute approximate surface area is 109 Å². The first kappa shape index (κ1) is 11.8. The van der Waals surface area contributed by atoms with Gasteiger partial charge in [-0.15, -0.1) is 5.43 Å². The molecule has 0 bridgehead atoms. The molecule has 2 unspecified atom stereocenters. The minimum Gasteiger partial charge on any atom is -0.291 e. The smallest absolute Gasteiger partial charge is 0.250 e. The highest BCUT2D eigenvalue weighted by Crippen LogP contribution is 2.28. The maximum absolute atomic E-state index is 12.5. The van der Waals surface area contributed by atoms with Crippen LogP contribution in [0, 0.1) is 4.91 Å². The predicted molar refractivity (Wildman–Crippen MR) is 66.4 cm³/mol. The van der Waals surface area contributed by atoms with E-state index in [1.165, 1.54) is 5.01 Å². The molecule has 0 radical (unpaired) electrons. The maximum atomic E-state index is 12.5. The highest BCUT2D eigenvalue weighted by Gasteiger charge is 2.57. The molecule has 0 aromatic heterocycles. The fourth-order valence-corrected chi connectivity index (χ4v) is 2.74. The van der Waals surface area contributed by atoms with Crippen LogP contribution in [0.25, 0.3) is 0 Å². The zero-order valence-electron chi connectivity index (χ0n) is 10.5. The van der Waals surface area contributed by atoms with Gasteiger partial charge in [0, 0.05) is 11.1 Å². The van der Waals surface area contributed by atoms with Crippen LogP contribution >= 0.6 is 0 Å². The average molecular weight is 260 g/mol. The molecule has 0 saturated carbocycles. The summed E-state index contributed by atoms with van der Waals surface area (Å²) in [5, 5.41) is 1.39. The number of carbonyl (C=O) groups is 2. The number of nitroso groups, excluding NO2 is 1. The quantitative estimate of drug-likeness (QED) is 0.794. The second-order valence-corrected chi connectivity index (χ2v) is 4.76. The number of hydrogen-bond donors (Lipinski definition) is 1. The van der Waals surface area contributed by atoms with Crippen molar-refractivity contribution in [1.82, 2.24) is 10.4 Å². The fraction of sp³-hybridized carbons (Fsp3) is 0.385. The van der Waals surface area contributed by atoms with Gasteiger partial charge in [0.25, 0.3) is 0 Å². The maximum Gasteiger partial charge on any atom is 0.250 e. The van der Waals surface area contributed by atoms with Gasteiger partial charge in [-0.05, 0) is 6.42 Å². The highest BCUT2D eigenvalue weighted by atomic mass is 16.4.